The summed E-state index contributed by atoms with van der Waals surface area (Å²) < 4.78 is 11.2. The molecular formula is C21H15GaNO3. The average molecular weight is 399 g/mol. The molecule has 26 heavy (non-hydrogen) atoms. The van der Waals surface area contributed by atoms with Gasteiger partial charge in [-0.1, -0.05) is 0 Å². The average Bonchev–Trinajstić information content (AvgIpc) is 2.67. The zero-order valence-corrected chi connectivity index (χ0v) is 16.6. The molecule has 0 bridgehead atoms. The number of nitrogens with zero attached hydrogens (tertiary/aromatic N) is 1. The van der Waals surface area contributed by atoms with Crippen molar-refractivity contribution in [2.45, 2.75) is 6.92 Å². The Labute approximate surface area is 159 Å². The number of benzene rings is 3. The number of fused-ring (bicyclic) bond motifs is 2. The number of para-hydroxylation sites is 1. The number of aromatic nitrogens is 1. The summed E-state index contributed by atoms with van der Waals surface area (Å²) >= 11 is -1.69. The molecule has 0 aliphatic heterocycles. The van der Waals surface area contributed by atoms with E-state index < -0.39 is 18.1 Å². The third-order valence-corrected chi connectivity index (χ3v) is 5.52. The van der Waals surface area contributed by atoms with Gasteiger partial charge in [0.25, 0.3) is 0 Å². The van der Waals surface area contributed by atoms with E-state index in [1.165, 1.54) is 0 Å². The van der Waals surface area contributed by atoms with Crippen molar-refractivity contribution in [3.05, 3.63) is 84.1 Å². The molecule has 4 nitrogen and oxygen atoms in total. The summed E-state index contributed by atoms with van der Waals surface area (Å²) in [5, 5.41) is 3.11. The van der Waals surface area contributed by atoms with Gasteiger partial charge in [0.1, 0.15) is 0 Å². The van der Waals surface area contributed by atoms with Gasteiger partial charge in [0.15, 0.2) is 0 Å². The van der Waals surface area contributed by atoms with Gasteiger partial charge in [-0.05, 0) is 0 Å². The molecular weight excluding hydrogens is 384 g/mol. The first kappa shape index (κ1) is 16.7. The summed E-state index contributed by atoms with van der Waals surface area (Å²) in [6.07, 6.45) is 0. The van der Waals surface area contributed by atoms with Crippen LogP contribution in [0.3, 0.4) is 0 Å². The Kier molecular flexibility index (Phi) is 4.64. The van der Waals surface area contributed by atoms with Crippen LogP contribution in [-0.2, 0) is 3.53 Å². The zero-order chi connectivity index (χ0) is 17.9. The van der Waals surface area contributed by atoms with E-state index in [9.17, 15) is 4.79 Å². The quantitative estimate of drug-likeness (QED) is 0.476. The summed E-state index contributed by atoms with van der Waals surface area (Å²) in [6, 6.07) is 23.2. The summed E-state index contributed by atoms with van der Waals surface area (Å²) in [7, 11) is 0. The third kappa shape index (κ3) is 3.45. The van der Waals surface area contributed by atoms with Crippen LogP contribution < -0.4 is 3.53 Å². The van der Waals surface area contributed by atoms with Crippen molar-refractivity contribution >= 4 is 45.8 Å². The monoisotopic (exact) mass is 398 g/mol. The fourth-order valence-corrected chi connectivity index (χ4v) is 4.00. The van der Waals surface area contributed by atoms with Gasteiger partial charge in [-0.25, -0.2) is 0 Å². The van der Waals surface area contributed by atoms with E-state index in [2.05, 4.69) is 4.98 Å². The Morgan fingerprint density at radius 1 is 0.885 bits per heavy atom. The Morgan fingerprint density at radius 2 is 1.65 bits per heavy atom. The molecule has 0 saturated carbocycles. The van der Waals surface area contributed by atoms with Crippen molar-refractivity contribution < 1.29 is 11.9 Å². The van der Waals surface area contributed by atoms with Gasteiger partial charge in [-0.2, -0.15) is 0 Å². The molecule has 3 aromatic carbocycles. The van der Waals surface area contributed by atoms with Crippen molar-refractivity contribution in [2.75, 3.05) is 0 Å². The fraction of sp³-hybridized carbons (Fsp3) is 0.0476. The van der Waals surface area contributed by atoms with Gasteiger partial charge in [0.2, 0.25) is 0 Å². The van der Waals surface area contributed by atoms with Crippen molar-refractivity contribution in [3.63, 3.8) is 0 Å². The van der Waals surface area contributed by atoms with Crippen molar-refractivity contribution in [2.24, 2.45) is 0 Å². The minimum absolute atomic E-state index is 0.347. The molecule has 1 radical (unpaired) electrons. The molecule has 0 fully saturated rings. The number of carbonyl (C=O) groups excluding carboxylic acids is 1. The van der Waals surface area contributed by atoms with E-state index in [1.54, 1.807) is 6.07 Å². The van der Waals surface area contributed by atoms with Crippen LogP contribution >= 0.6 is 0 Å². The first-order chi connectivity index (χ1) is 12.7. The Bertz CT molecular complexity index is 1110. The number of pyridine rings is 1. The number of carbonyl (C=O) groups is 1. The Hall–Kier alpha value is -2.76. The third-order valence-electron chi connectivity index (χ3n) is 4.14. The molecule has 0 amide bonds. The molecule has 0 atom stereocenters. The Balaban J connectivity index is 1.47. The van der Waals surface area contributed by atoms with E-state index >= 15 is 0 Å². The van der Waals surface area contributed by atoms with Crippen molar-refractivity contribution in [3.8, 4) is 5.75 Å². The normalized spacial score (nSPS) is 10.7. The van der Waals surface area contributed by atoms with Gasteiger partial charge >= 0.3 is 159 Å². The number of rotatable bonds is 4. The van der Waals surface area contributed by atoms with E-state index in [0.717, 1.165) is 27.4 Å². The molecule has 0 N–H and O–H groups in total. The second-order valence-electron chi connectivity index (χ2n) is 5.96. The molecule has 125 valence electrons. The molecule has 0 unspecified atom stereocenters. The molecule has 0 aliphatic rings. The van der Waals surface area contributed by atoms with Crippen LogP contribution in [0.15, 0.2) is 72.8 Å². The van der Waals surface area contributed by atoms with E-state index in [1.807, 2.05) is 73.7 Å². The molecule has 5 heteroatoms. The second-order valence-corrected chi connectivity index (χ2v) is 7.35. The van der Waals surface area contributed by atoms with Crippen LogP contribution in [0.25, 0.3) is 21.7 Å². The number of hydrogen-bond acceptors (Lipinski definition) is 4. The van der Waals surface area contributed by atoms with Gasteiger partial charge in [-0.15, -0.1) is 0 Å². The van der Waals surface area contributed by atoms with Crippen LogP contribution in [0.5, 0.6) is 5.75 Å². The Morgan fingerprint density at radius 3 is 2.54 bits per heavy atom. The zero-order valence-electron chi connectivity index (χ0n) is 14.2. The van der Waals surface area contributed by atoms with Crippen molar-refractivity contribution in [1.82, 2.24) is 4.98 Å². The maximum absolute atomic E-state index is 12.3. The summed E-state index contributed by atoms with van der Waals surface area (Å²) in [4.78, 5) is 16.8. The van der Waals surface area contributed by atoms with Gasteiger partial charge in [-0.3, -0.25) is 0 Å². The molecule has 0 aliphatic carbocycles. The molecule has 0 spiro atoms. The SMILES string of the molecule is Cc1ccc2cccc([O][Ga][O]C(=O)c3ccc4ccccc4c3)c2n1. The summed E-state index contributed by atoms with van der Waals surface area (Å²) in [6.45, 7) is 1.94. The number of aryl methyl sites for hydroxylation is 1. The van der Waals surface area contributed by atoms with Gasteiger partial charge < -0.3 is 0 Å². The molecule has 0 saturated heterocycles. The molecule has 4 rings (SSSR count). The first-order valence-corrected chi connectivity index (χ1v) is 10.2. The van der Waals surface area contributed by atoms with Crippen LogP contribution in [-0.4, -0.2) is 29.1 Å². The number of hydrogen-bond donors (Lipinski definition) is 0. The maximum atomic E-state index is 12.3. The van der Waals surface area contributed by atoms with E-state index in [-0.39, 0.29) is 5.97 Å². The van der Waals surface area contributed by atoms with Gasteiger partial charge in [0.05, 0.1) is 0 Å². The minimum atomic E-state index is -1.69. The predicted octanol–water partition coefficient (Wildman–Crippen LogP) is 4.47. The van der Waals surface area contributed by atoms with E-state index in [0.29, 0.717) is 11.3 Å². The molecule has 1 aromatic heterocycles. The summed E-state index contributed by atoms with van der Waals surface area (Å²) in [5.41, 5.74) is 2.26. The molecule has 1 heterocycles. The van der Waals surface area contributed by atoms with Crippen LogP contribution in [0, 0.1) is 6.92 Å². The molecule has 4 aromatic rings. The summed E-state index contributed by atoms with van der Waals surface area (Å²) in [5.74, 6) is 0.317. The second kappa shape index (κ2) is 7.23. The standard InChI is InChI=1S/C11H8O2.C10H9NO.Ga/c12-11(13)10-6-5-8-3-1-2-4-9(8)7-10;1-7-5-6-8-3-2-4-9(12)10(8)11-7;/h1-7H,(H,12,13);2-6,12H,1H3;/q;;+2/p-2. The van der Waals surface area contributed by atoms with Crippen LogP contribution in [0.2, 0.25) is 0 Å². The topological polar surface area (TPSA) is 48.4 Å². The van der Waals surface area contributed by atoms with Crippen LogP contribution in [0.1, 0.15) is 16.1 Å². The van der Waals surface area contributed by atoms with Crippen molar-refractivity contribution in [1.29, 1.82) is 0 Å². The van der Waals surface area contributed by atoms with E-state index in [4.69, 9.17) is 7.06 Å². The predicted molar refractivity (Wildman–Crippen MR) is 102 cm³/mol. The van der Waals surface area contributed by atoms with Gasteiger partial charge in [0, 0.05) is 0 Å². The van der Waals surface area contributed by atoms with Crippen LogP contribution in [0.4, 0.5) is 0 Å². The fourth-order valence-electron chi connectivity index (χ4n) is 2.82. The first-order valence-electron chi connectivity index (χ1n) is 8.25.